The predicted molar refractivity (Wildman–Crippen MR) is 74.8 cm³/mol. The van der Waals surface area contributed by atoms with E-state index in [1.54, 1.807) is 0 Å². The lowest BCUT2D eigenvalue weighted by Crippen LogP contribution is -2.47. The Hall–Kier alpha value is -0.540. The predicted octanol–water partition coefficient (Wildman–Crippen LogP) is 3.54. The summed E-state index contributed by atoms with van der Waals surface area (Å²) in [5.74, 6) is 0.483. The molecule has 0 aromatic heterocycles. The van der Waals surface area contributed by atoms with Crippen molar-refractivity contribution in [2.75, 3.05) is 11.9 Å². The molecule has 3 N–H and O–H groups in total. The van der Waals surface area contributed by atoms with E-state index < -0.39 is 0 Å². The summed E-state index contributed by atoms with van der Waals surface area (Å²) in [6.45, 7) is 9.24. The first-order valence-electron chi connectivity index (χ1n) is 5.63. The Balaban J connectivity index is 2.94. The first-order chi connectivity index (χ1) is 7.37. The van der Waals surface area contributed by atoms with Gasteiger partial charge in [-0.25, -0.2) is 0 Å². The molecule has 2 nitrogen and oxygen atoms in total. The molecule has 0 saturated heterocycles. The van der Waals surface area contributed by atoms with Crippen LogP contribution in [0.5, 0.6) is 0 Å². The van der Waals surface area contributed by atoms with Crippen LogP contribution in [0, 0.1) is 12.8 Å². The summed E-state index contributed by atoms with van der Waals surface area (Å²) in [6.07, 6.45) is 0. The monoisotopic (exact) mass is 284 g/mol. The van der Waals surface area contributed by atoms with Gasteiger partial charge in [-0.05, 0) is 43.5 Å². The van der Waals surface area contributed by atoms with E-state index in [9.17, 15) is 0 Å². The maximum absolute atomic E-state index is 5.86. The molecule has 16 heavy (non-hydrogen) atoms. The molecule has 0 aliphatic rings. The fraction of sp³-hybridized carbons (Fsp3) is 0.538. The molecule has 0 amide bonds. The van der Waals surface area contributed by atoms with Crippen molar-refractivity contribution >= 4 is 21.6 Å². The first-order valence-corrected chi connectivity index (χ1v) is 6.42. The van der Waals surface area contributed by atoms with Crippen LogP contribution in [0.4, 0.5) is 5.69 Å². The number of nitrogens with two attached hydrogens (primary N) is 1. The molecule has 0 fully saturated rings. The van der Waals surface area contributed by atoms with Gasteiger partial charge in [-0.3, -0.25) is 0 Å². The minimum Gasteiger partial charge on any atom is -0.378 e. The second-order valence-corrected chi connectivity index (χ2v) is 5.83. The van der Waals surface area contributed by atoms with E-state index in [0.29, 0.717) is 12.5 Å². The maximum Gasteiger partial charge on any atom is 0.0490 e. The Labute approximate surface area is 107 Å². The number of rotatable bonds is 4. The number of halogens is 1. The number of nitrogens with one attached hydrogen (secondary N) is 1. The molecule has 0 heterocycles. The van der Waals surface area contributed by atoms with Gasteiger partial charge in [-0.2, -0.15) is 0 Å². The van der Waals surface area contributed by atoms with E-state index in [1.807, 2.05) is 0 Å². The first kappa shape index (κ1) is 13.5. The van der Waals surface area contributed by atoms with Crippen LogP contribution in [0.15, 0.2) is 22.7 Å². The highest BCUT2D eigenvalue weighted by atomic mass is 79.9. The van der Waals surface area contributed by atoms with Gasteiger partial charge in [0.05, 0.1) is 0 Å². The Morgan fingerprint density at radius 3 is 2.44 bits per heavy atom. The number of aryl methyl sites for hydroxylation is 1. The molecule has 1 unspecified atom stereocenters. The second kappa shape index (κ2) is 5.19. The van der Waals surface area contributed by atoms with Gasteiger partial charge < -0.3 is 11.1 Å². The molecular weight excluding hydrogens is 264 g/mol. The van der Waals surface area contributed by atoms with Crippen LogP contribution in [0.1, 0.15) is 26.3 Å². The summed E-state index contributed by atoms with van der Waals surface area (Å²) < 4.78 is 1.10. The summed E-state index contributed by atoms with van der Waals surface area (Å²) >= 11 is 3.51. The number of benzene rings is 1. The highest BCUT2D eigenvalue weighted by Crippen LogP contribution is 2.25. The molecule has 90 valence electrons. The largest absolute Gasteiger partial charge is 0.378 e. The smallest absolute Gasteiger partial charge is 0.0490 e. The average molecular weight is 285 g/mol. The third-order valence-electron chi connectivity index (χ3n) is 3.17. The lowest BCUT2D eigenvalue weighted by molar-refractivity contribution is 0.382. The second-order valence-electron chi connectivity index (χ2n) is 4.92. The van der Waals surface area contributed by atoms with Gasteiger partial charge >= 0.3 is 0 Å². The van der Waals surface area contributed by atoms with Gasteiger partial charge in [0.15, 0.2) is 0 Å². The van der Waals surface area contributed by atoms with Crippen molar-refractivity contribution in [3.63, 3.8) is 0 Å². The van der Waals surface area contributed by atoms with Gasteiger partial charge in [-0.15, -0.1) is 0 Å². The van der Waals surface area contributed by atoms with E-state index in [-0.39, 0.29) is 5.54 Å². The molecule has 0 aliphatic carbocycles. The zero-order chi connectivity index (χ0) is 12.3. The number of hydrogen-bond acceptors (Lipinski definition) is 2. The average Bonchev–Trinajstić information content (AvgIpc) is 2.15. The van der Waals surface area contributed by atoms with Crippen molar-refractivity contribution in [2.45, 2.75) is 33.2 Å². The molecule has 0 radical (unpaired) electrons. The van der Waals surface area contributed by atoms with Crippen LogP contribution in [0.25, 0.3) is 0 Å². The summed E-state index contributed by atoms with van der Waals surface area (Å²) in [5, 5.41) is 3.53. The molecule has 3 heteroatoms. The van der Waals surface area contributed by atoms with E-state index in [2.05, 4.69) is 67.1 Å². The minimum atomic E-state index is -0.0623. The normalized spacial score (nSPS) is 14.9. The SMILES string of the molecule is Cc1cc(Br)cc(NC(C)(CN)C(C)C)c1. The van der Waals surface area contributed by atoms with Crippen molar-refractivity contribution in [2.24, 2.45) is 11.7 Å². The molecule has 1 aromatic carbocycles. The van der Waals surface area contributed by atoms with E-state index in [1.165, 1.54) is 5.56 Å². The number of anilines is 1. The van der Waals surface area contributed by atoms with Crippen LogP contribution in [0.2, 0.25) is 0 Å². The van der Waals surface area contributed by atoms with E-state index in [4.69, 9.17) is 5.73 Å². The van der Waals surface area contributed by atoms with Gasteiger partial charge in [0.1, 0.15) is 0 Å². The highest BCUT2D eigenvalue weighted by molar-refractivity contribution is 9.10. The van der Waals surface area contributed by atoms with Crippen LogP contribution in [-0.4, -0.2) is 12.1 Å². The van der Waals surface area contributed by atoms with Crippen molar-refractivity contribution in [1.29, 1.82) is 0 Å². The van der Waals surface area contributed by atoms with Gasteiger partial charge in [0, 0.05) is 22.2 Å². The Morgan fingerprint density at radius 1 is 1.38 bits per heavy atom. The summed E-state index contributed by atoms with van der Waals surface area (Å²) in [7, 11) is 0. The molecular formula is C13H21BrN2. The molecule has 1 atom stereocenters. The molecule has 0 aliphatic heterocycles. The summed E-state index contributed by atoms with van der Waals surface area (Å²) in [6, 6.07) is 6.32. The van der Waals surface area contributed by atoms with Crippen molar-refractivity contribution in [3.8, 4) is 0 Å². The van der Waals surface area contributed by atoms with Crippen molar-refractivity contribution in [3.05, 3.63) is 28.2 Å². The van der Waals surface area contributed by atoms with Crippen LogP contribution in [0.3, 0.4) is 0 Å². The quantitative estimate of drug-likeness (QED) is 0.888. The van der Waals surface area contributed by atoms with Gasteiger partial charge in [0.25, 0.3) is 0 Å². The van der Waals surface area contributed by atoms with E-state index >= 15 is 0 Å². The number of hydrogen-bond donors (Lipinski definition) is 2. The Bertz CT molecular complexity index is 343. The summed E-state index contributed by atoms with van der Waals surface area (Å²) in [5.41, 5.74) is 8.15. The van der Waals surface area contributed by atoms with Gasteiger partial charge in [-0.1, -0.05) is 29.8 Å². The van der Waals surface area contributed by atoms with Crippen LogP contribution < -0.4 is 11.1 Å². The van der Waals surface area contributed by atoms with Crippen LogP contribution in [-0.2, 0) is 0 Å². The highest BCUT2D eigenvalue weighted by Gasteiger charge is 2.26. The fourth-order valence-electron chi connectivity index (χ4n) is 1.57. The Morgan fingerprint density at radius 2 is 2.00 bits per heavy atom. The molecule has 1 aromatic rings. The minimum absolute atomic E-state index is 0.0623. The maximum atomic E-state index is 5.86. The zero-order valence-corrected chi connectivity index (χ0v) is 12.1. The molecule has 0 saturated carbocycles. The zero-order valence-electron chi connectivity index (χ0n) is 10.5. The van der Waals surface area contributed by atoms with E-state index in [0.717, 1.165) is 10.2 Å². The lowest BCUT2D eigenvalue weighted by atomic mass is 9.88. The Kier molecular flexibility index (Phi) is 4.39. The molecule has 0 bridgehead atoms. The summed E-state index contributed by atoms with van der Waals surface area (Å²) in [4.78, 5) is 0. The topological polar surface area (TPSA) is 38.0 Å². The molecule has 1 rings (SSSR count). The third-order valence-corrected chi connectivity index (χ3v) is 3.63. The third kappa shape index (κ3) is 3.22. The lowest BCUT2D eigenvalue weighted by Gasteiger charge is -2.34. The molecule has 0 spiro atoms. The fourth-order valence-corrected chi connectivity index (χ4v) is 2.18. The van der Waals surface area contributed by atoms with Crippen LogP contribution >= 0.6 is 15.9 Å². The van der Waals surface area contributed by atoms with Gasteiger partial charge in [0.2, 0.25) is 0 Å². The van der Waals surface area contributed by atoms with Crippen molar-refractivity contribution in [1.82, 2.24) is 0 Å². The van der Waals surface area contributed by atoms with Crippen molar-refractivity contribution < 1.29 is 0 Å². The standard InChI is InChI=1S/C13H21BrN2/c1-9(2)13(4,8-15)16-12-6-10(3)5-11(14)7-12/h5-7,9,16H,8,15H2,1-4H3.